The Morgan fingerprint density at radius 2 is 0.875 bits per heavy atom. The SMILES string of the molecule is C[Si](C)(C)C(O)(C(=O)[C@@](O)([C@](O)([C@](O)(CO)[Si](C)(C)C)[Si](C)(C)C)[Si](C)(C)C)[Si](C)(C)C. The van der Waals surface area contributed by atoms with E-state index >= 15 is 0 Å². The topological polar surface area (TPSA) is 118 Å². The van der Waals surface area contributed by atoms with Gasteiger partial charge in [-0.25, -0.2) is 0 Å². The standard InChI is InChI=1S/C21H52O6Si5/c1-28(2,3)18(24,16-22)21(27,32(13,14)15)19(25,29(4,5)6)17(23)20(26,30(7,8)9)31(10,11)12/h22,24-27H,16H2,1-15H3/t18-,19-,21-/m0/s1. The van der Waals surface area contributed by atoms with Crippen molar-refractivity contribution in [2.45, 2.75) is 119 Å². The molecule has 0 bridgehead atoms. The summed E-state index contributed by atoms with van der Waals surface area (Å²) in [4.78, 5) is 12.9. The molecule has 0 rings (SSSR count). The van der Waals surface area contributed by atoms with Crippen molar-refractivity contribution in [3.63, 3.8) is 0 Å². The Kier molecular flexibility index (Phi) is 8.74. The van der Waals surface area contributed by atoms with Crippen LogP contribution in [0, 0.1) is 0 Å². The molecule has 0 spiro atoms. The maximum absolute atomic E-state index is 14.7. The molecule has 32 heavy (non-hydrogen) atoms. The molecule has 6 nitrogen and oxygen atoms in total. The zero-order chi connectivity index (χ0) is 26.8. The van der Waals surface area contributed by atoms with Crippen LogP contribution in [0.25, 0.3) is 0 Å². The Hall–Kier alpha value is 0.554. The van der Waals surface area contributed by atoms with Gasteiger partial charge in [0.2, 0.25) is 0 Å². The minimum atomic E-state index is -3.07. The van der Waals surface area contributed by atoms with Crippen molar-refractivity contribution in [2.75, 3.05) is 6.61 Å². The van der Waals surface area contributed by atoms with Crippen molar-refractivity contribution in [1.29, 1.82) is 0 Å². The molecule has 0 heterocycles. The first-order valence-electron chi connectivity index (χ1n) is 11.5. The van der Waals surface area contributed by atoms with Crippen LogP contribution in [0.15, 0.2) is 0 Å². The second-order valence-corrected chi connectivity index (χ2v) is 41.5. The number of aliphatic hydroxyl groups is 5. The molecule has 0 saturated heterocycles. The molecular weight excluding hydrogens is 489 g/mol. The summed E-state index contributed by atoms with van der Waals surface area (Å²) in [5.74, 6) is -0.738. The maximum Gasteiger partial charge on any atom is 0.188 e. The molecule has 192 valence electrons. The number of ketones is 1. The predicted molar refractivity (Wildman–Crippen MR) is 149 cm³/mol. The largest absolute Gasteiger partial charge is 0.394 e. The Morgan fingerprint density at radius 1 is 0.562 bits per heavy atom. The van der Waals surface area contributed by atoms with Gasteiger partial charge in [-0.1, -0.05) is 98.2 Å². The Bertz CT molecular complexity index is 697. The minimum absolute atomic E-state index is 0.738. The molecule has 3 atom stereocenters. The van der Waals surface area contributed by atoms with Crippen LogP contribution in [0.1, 0.15) is 0 Å². The lowest BCUT2D eigenvalue weighted by Crippen LogP contribution is -2.92. The highest BCUT2D eigenvalue weighted by atomic mass is 28.4. The third-order valence-corrected chi connectivity index (χ3v) is 26.1. The summed E-state index contributed by atoms with van der Waals surface area (Å²) in [7, 11) is -14.2. The second-order valence-electron chi connectivity index (χ2n) is 14.7. The quantitative estimate of drug-likeness (QED) is 0.272. The van der Waals surface area contributed by atoms with Crippen LogP contribution in [0.5, 0.6) is 0 Å². The third-order valence-electron chi connectivity index (χ3n) is 7.59. The number of carbonyl (C=O) groups is 1. The van der Waals surface area contributed by atoms with Crippen LogP contribution in [-0.2, 0) is 4.79 Å². The van der Waals surface area contributed by atoms with E-state index in [0.717, 1.165) is 0 Å². The molecule has 0 fully saturated rings. The first-order valence-corrected chi connectivity index (χ1v) is 29.0. The van der Waals surface area contributed by atoms with Crippen molar-refractivity contribution in [3.8, 4) is 0 Å². The van der Waals surface area contributed by atoms with Crippen molar-refractivity contribution in [3.05, 3.63) is 0 Å². The summed E-state index contributed by atoms with van der Waals surface area (Å²) in [6, 6.07) is 0. The van der Waals surface area contributed by atoms with E-state index in [2.05, 4.69) is 0 Å². The van der Waals surface area contributed by atoms with Gasteiger partial charge in [0, 0.05) is 0 Å². The number of rotatable bonds is 10. The first-order chi connectivity index (χ1) is 13.5. The number of aliphatic hydroxyl groups excluding tert-OH is 1. The summed E-state index contributed by atoms with van der Waals surface area (Å²) in [6.45, 7) is 27.0. The van der Waals surface area contributed by atoms with Gasteiger partial charge in [0.1, 0.15) is 20.5 Å². The molecule has 0 radical (unpaired) electrons. The molecule has 0 aromatic heterocycles. The summed E-state index contributed by atoms with van der Waals surface area (Å²) < 4.78 is 0. The van der Waals surface area contributed by atoms with E-state index in [-0.39, 0.29) is 0 Å². The van der Waals surface area contributed by atoms with Gasteiger partial charge in [0.15, 0.2) is 5.78 Å². The van der Waals surface area contributed by atoms with Gasteiger partial charge < -0.3 is 25.5 Å². The van der Waals surface area contributed by atoms with Gasteiger partial charge in [0.25, 0.3) is 0 Å². The fourth-order valence-electron chi connectivity index (χ4n) is 5.47. The summed E-state index contributed by atoms with van der Waals surface area (Å²) in [5, 5.41) is 53.6. The van der Waals surface area contributed by atoms with E-state index in [9.17, 15) is 30.3 Å². The van der Waals surface area contributed by atoms with Gasteiger partial charge >= 0.3 is 0 Å². The van der Waals surface area contributed by atoms with Crippen molar-refractivity contribution in [1.82, 2.24) is 0 Å². The highest BCUT2D eigenvalue weighted by Crippen LogP contribution is 2.51. The van der Waals surface area contributed by atoms with Crippen molar-refractivity contribution < 1.29 is 30.3 Å². The van der Waals surface area contributed by atoms with Crippen LogP contribution in [0.4, 0.5) is 0 Å². The lowest BCUT2D eigenvalue weighted by Gasteiger charge is -2.65. The molecule has 0 aliphatic carbocycles. The highest BCUT2D eigenvalue weighted by molar-refractivity contribution is 7.04. The molecule has 0 aromatic carbocycles. The van der Waals surface area contributed by atoms with E-state index in [4.69, 9.17) is 0 Å². The number of hydrogen-bond donors (Lipinski definition) is 5. The highest BCUT2D eigenvalue weighted by Gasteiger charge is 2.79. The molecule has 0 aromatic rings. The van der Waals surface area contributed by atoms with E-state index in [1.807, 2.05) is 78.6 Å². The number of Topliss-reactive ketones (excluding diaryl/α,β-unsaturated/α-hetero) is 1. The zero-order valence-corrected chi connectivity index (χ0v) is 28.4. The second kappa shape index (κ2) is 8.59. The number of carbonyl (C=O) groups excluding carboxylic acids is 1. The van der Waals surface area contributed by atoms with Crippen LogP contribution < -0.4 is 0 Å². The van der Waals surface area contributed by atoms with E-state index in [1.54, 1.807) is 19.6 Å². The van der Waals surface area contributed by atoms with Gasteiger partial charge in [0.05, 0.1) is 47.0 Å². The lowest BCUT2D eigenvalue weighted by molar-refractivity contribution is -0.180. The van der Waals surface area contributed by atoms with E-state index in [0.29, 0.717) is 0 Å². The fourth-order valence-corrected chi connectivity index (χ4v) is 27.5. The summed E-state index contributed by atoms with van der Waals surface area (Å²) in [6.07, 6.45) is 0. The van der Waals surface area contributed by atoms with Crippen molar-refractivity contribution >= 4 is 46.2 Å². The van der Waals surface area contributed by atoms with Gasteiger partial charge in [-0.3, -0.25) is 4.79 Å². The molecule has 0 aliphatic heterocycles. The molecule has 11 heteroatoms. The third kappa shape index (κ3) is 4.32. The first kappa shape index (κ1) is 32.6. The Morgan fingerprint density at radius 3 is 1.03 bits per heavy atom. The van der Waals surface area contributed by atoms with E-state index in [1.165, 1.54) is 0 Å². The van der Waals surface area contributed by atoms with Gasteiger partial charge in [-0.05, 0) is 0 Å². The molecule has 0 aliphatic rings. The molecule has 0 amide bonds. The molecule has 0 unspecified atom stereocenters. The summed E-state index contributed by atoms with van der Waals surface area (Å²) in [5.41, 5.74) is 0. The molecular formula is C21H52O6Si5. The van der Waals surface area contributed by atoms with Gasteiger partial charge in [-0.15, -0.1) is 0 Å². The van der Waals surface area contributed by atoms with Crippen LogP contribution in [0.2, 0.25) is 98.2 Å². The van der Waals surface area contributed by atoms with Crippen LogP contribution >= 0.6 is 0 Å². The molecule has 0 saturated carbocycles. The van der Waals surface area contributed by atoms with Crippen LogP contribution in [0.3, 0.4) is 0 Å². The van der Waals surface area contributed by atoms with Gasteiger partial charge in [-0.2, -0.15) is 0 Å². The van der Waals surface area contributed by atoms with Crippen LogP contribution in [-0.4, -0.2) is 98.8 Å². The average molecular weight is 541 g/mol. The fraction of sp³-hybridized carbons (Fsp3) is 0.952. The monoisotopic (exact) mass is 540 g/mol. The van der Waals surface area contributed by atoms with E-state index < -0.39 is 73.3 Å². The smallest absolute Gasteiger partial charge is 0.188 e. The normalized spacial score (nSPS) is 20.9. The minimum Gasteiger partial charge on any atom is -0.394 e. The summed E-state index contributed by atoms with van der Waals surface area (Å²) >= 11 is 0. The average Bonchev–Trinajstić information content (AvgIpc) is 2.52. The lowest BCUT2D eigenvalue weighted by atomic mass is 10.0. The predicted octanol–water partition coefficient (Wildman–Crippen LogP) is 2.86. The zero-order valence-electron chi connectivity index (χ0n) is 23.4. The van der Waals surface area contributed by atoms with Crippen molar-refractivity contribution in [2.24, 2.45) is 0 Å². The Labute approximate surface area is 201 Å². The maximum atomic E-state index is 14.7. The Balaban J connectivity index is 8.02. The molecule has 5 N–H and O–H groups in total. The number of hydrogen-bond acceptors (Lipinski definition) is 6.